The van der Waals surface area contributed by atoms with Crippen molar-refractivity contribution < 1.29 is 69.0 Å². The maximum atomic E-state index is 10.2. The van der Waals surface area contributed by atoms with Crippen LogP contribution in [0.2, 0.25) is 0 Å². The lowest BCUT2D eigenvalue weighted by Gasteiger charge is -1.92. The number of carbonyl (C=O) groups is 8. The molecule has 200 valence electrons. The summed E-state index contributed by atoms with van der Waals surface area (Å²) in [5.74, 6) is -7.24. The minimum absolute atomic E-state index is 0.0347. The van der Waals surface area contributed by atoms with E-state index in [1.54, 1.807) is 0 Å². The number of ketones is 2. The predicted molar refractivity (Wildman–Crippen MR) is 122 cm³/mol. The molecule has 0 spiro atoms. The van der Waals surface area contributed by atoms with Crippen LogP contribution in [0.1, 0.15) is 40.5 Å². The highest BCUT2D eigenvalue weighted by Crippen LogP contribution is 1.97. The first kappa shape index (κ1) is 38.4. The van der Waals surface area contributed by atoms with Crippen molar-refractivity contribution in [1.82, 2.24) is 0 Å². The number of hydrogen-bond acceptors (Lipinski definition) is 8. The van der Waals surface area contributed by atoms with Crippen molar-refractivity contribution in [3.63, 3.8) is 0 Å². The summed E-state index contributed by atoms with van der Waals surface area (Å²) in [6.07, 6.45) is 3.71. The van der Waals surface area contributed by atoms with Crippen LogP contribution in [0.5, 0.6) is 0 Å². The fourth-order valence-electron chi connectivity index (χ4n) is 1.20. The van der Waals surface area contributed by atoms with Crippen molar-refractivity contribution in [2.45, 2.75) is 40.5 Å². The van der Waals surface area contributed by atoms with Crippen LogP contribution in [-0.4, -0.2) is 78.0 Å². The molecule has 0 aromatic rings. The maximum absolute atomic E-state index is 10.2. The van der Waals surface area contributed by atoms with Crippen molar-refractivity contribution >= 4 is 47.4 Å². The van der Waals surface area contributed by atoms with Gasteiger partial charge in [-0.15, -0.1) is 0 Å². The van der Waals surface area contributed by atoms with Gasteiger partial charge in [0.05, 0.1) is 0 Å². The molecule has 0 aliphatic carbocycles. The summed E-state index contributed by atoms with van der Waals surface area (Å²) in [5, 5.41) is 48.4. The average Bonchev–Trinajstić information content (AvgIpc) is 2.67. The van der Waals surface area contributed by atoms with E-state index in [4.69, 9.17) is 30.6 Å². The Hall–Kier alpha value is -4.88. The lowest BCUT2D eigenvalue weighted by molar-refractivity contribution is -0.135. The predicted octanol–water partition coefficient (Wildman–Crippen LogP) is 1.42. The number of Topliss-reactive ketones (excluding diaryl/α,β-unsaturated/α-hetero) is 2. The number of rotatable bonds is 10. The van der Waals surface area contributed by atoms with Crippen molar-refractivity contribution in [3.8, 4) is 0 Å². The van der Waals surface area contributed by atoms with Crippen molar-refractivity contribution in [2.75, 3.05) is 0 Å². The molecule has 0 saturated carbocycles. The smallest absolute Gasteiger partial charge is 0.331 e. The first-order chi connectivity index (χ1) is 16.2. The monoisotopic (exact) mass is 516 g/mol. The lowest BCUT2D eigenvalue weighted by atomic mass is 10.2. The second-order valence-electron chi connectivity index (χ2n) is 6.38. The zero-order valence-corrected chi connectivity index (χ0v) is 19.9. The van der Waals surface area contributed by atoms with Gasteiger partial charge in [0.1, 0.15) is 11.6 Å². The first-order valence-electron chi connectivity index (χ1n) is 9.32. The Labute approximate surface area is 205 Å². The van der Waals surface area contributed by atoms with Gasteiger partial charge in [-0.1, -0.05) is 12.7 Å². The SMILES string of the molecule is C/C(=C/C(=O)O)C(=O)O.C/C(=C\C(=O)O)C(=O)O.C=C(CC(C)=O)C(=O)O.CC(=O)C/C=C/C(=O)O. The molecular weight excluding hydrogens is 488 g/mol. The molecule has 0 amide bonds. The lowest BCUT2D eigenvalue weighted by Crippen LogP contribution is -2.02. The Balaban J connectivity index is -0.000000190. The Kier molecular flexibility index (Phi) is 23.4. The fourth-order valence-corrected chi connectivity index (χ4v) is 1.20. The zero-order chi connectivity index (χ0) is 29.6. The van der Waals surface area contributed by atoms with Crippen LogP contribution in [0.4, 0.5) is 0 Å². The van der Waals surface area contributed by atoms with Crippen LogP contribution in [0.3, 0.4) is 0 Å². The van der Waals surface area contributed by atoms with Gasteiger partial charge in [-0.3, -0.25) is 9.59 Å². The van der Waals surface area contributed by atoms with E-state index >= 15 is 0 Å². The summed E-state index contributed by atoms with van der Waals surface area (Å²) in [7, 11) is 0. The molecule has 0 atom stereocenters. The summed E-state index contributed by atoms with van der Waals surface area (Å²) in [6, 6.07) is 0. The van der Waals surface area contributed by atoms with Gasteiger partial charge in [0.15, 0.2) is 0 Å². The standard InChI is InChI=1S/2C6H8O3.2C5H6O4/c1-4(6(8)9)3-5(2)7;1-5(7)3-2-4-6(8)9;2*1-3(5(8)9)2-4(6)7/h1,3H2,2H3,(H,8,9);2,4H,3H2,1H3,(H,8,9);2*2H,1H3,(H,6,7)(H,8,9)/b;4-2+;3-2+;3-2-. The quantitative estimate of drug-likeness (QED) is 0.224. The van der Waals surface area contributed by atoms with E-state index in [9.17, 15) is 38.4 Å². The molecule has 14 nitrogen and oxygen atoms in total. The fraction of sp³-hybridized carbons (Fsp3) is 0.273. The summed E-state index contributed by atoms with van der Waals surface area (Å²) in [5.41, 5.74) is -0.410. The molecule has 0 rings (SSSR count). The Morgan fingerprint density at radius 3 is 1.08 bits per heavy atom. The second-order valence-corrected chi connectivity index (χ2v) is 6.38. The van der Waals surface area contributed by atoms with Crippen LogP contribution in [0.15, 0.2) is 47.6 Å². The van der Waals surface area contributed by atoms with Gasteiger partial charge in [0, 0.05) is 47.8 Å². The number of carboxylic acid groups (broad SMARTS) is 6. The molecule has 0 heterocycles. The van der Waals surface area contributed by atoms with Crippen molar-refractivity contribution in [3.05, 3.63) is 47.6 Å². The number of hydrogen-bond donors (Lipinski definition) is 6. The van der Waals surface area contributed by atoms with Crippen LogP contribution in [0, 0.1) is 0 Å². The third-order valence-electron chi connectivity index (χ3n) is 2.79. The van der Waals surface area contributed by atoms with Gasteiger partial charge in [-0.2, -0.15) is 0 Å². The number of carboxylic acids is 6. The van der Waals surface area contributed by atoms with Crippen LogP contribution >= 0.6 is 0 Å². The Morgan fingerprint density at radius 2 is 0.944 bits per heavy atom. The first-order valence-corrected chi connectivity index (χ1v) is 9.32. The van der Waals surface area contributed by atoms with E-state index in [1.165, 1.54) is 33.8 Å². The summed E-state index contributed by atoms with van der Waals surface area (Å²) in [4.78, 5) is 79.5. The highest BCUT2D eigenvalue weighted by Gasteiger charge is 2.05. The summed E-state index contributed by atoms with van der Waals surface area (Å²) >= 11 is 0. The summed E-state index contributed by atoms with van der Waals surface area (Å²) in [6.45, 7) is 8.35. The van der Waals surface area contributed by atoms with Crippen LogP contribution in [-0.2, 0) is 38.4 Å². The minimum atomic E-state index is -1.24. The van der Waals surface area contributed by atoms with Gasteiger partial charge in [0.2, 0.25) is 0 Å². The highest BCUT2D eigenvalue weighted by atomic mass is 16.4. The van der Waals surface area contributed by atoms with Gasteiger partial charge >= 0.3 is 35.8 Å². The van der Waals surface area contributed by atoms with Crippen molar-refractivity contribution in [1.29, 1.82) is 0 Å². The maximum Gasteiger partial charge on any atom is 0.331 e. The van der Waals surface area contributed by atoms with Crippen LogP contribution < -0.4 is 0 Å². The molecular formula is C22H28O14. The second kappa shape index (κ2) is 21.9. The van der Waals surface area contributed by atoms with Crippen LogP contribution in [0.25, 0.3) is 0 Å². The molecule has 0 fully saturated rings. The number of allylic oxidation sites excluding steroid dienone is 1. The third-order valence-corrected chi connectivity index (χ3v) is 2.79. The minimum Gasteiger partial charge on any atom is -0.478 e. The van der Waals surface area contributed by atoms with E-state index < -0.39 is 35.8 Å². The zero-order valence-electron chi connectivity index (χ0n) is 19.9. The number of carbonyl (C=O) groups excluding carboxylic acids is 2. The van der Waals surface area contributed by atoms with E-state index in [1.807, 2.05) is 0 Å². The largest absolute Gasteiger partial charge is 0.478 e. The Bertz CT molecular complexity index is 908. The van der Waals surface area contributed by atoms with Gasteiger partial charge in [-0.25, -0.2) is 28.8 Å². The molecule has 0 aromatic heterocycles. The van der Waals surface area contributed by atoms with E-state index in [2.05, 4.69) is 6.58 Å². The molecule has 0 aliphatic heterocycles. The molecule has 0 radical (unpaired) electrons. The topological polar surface area (TPSA) is 258 Å². The van der Waals surface area contributed by atoms with Crippen molar-refractivity contribution in [2.24, 2.45) is 0 Å². The third kappa shape index (κ3) is 36.5. The van der Waals surface area contributed by atoms with E-state index in [-0.39, 0.29) is 41.1 Å². The summed E-state index contributed by atoms with van der Waals surface area (Å²) < 4.78 is 0. The molecule has 0 bridgehead atoms. The van der Waals surface area contributed by atoms with E-state index in [0.29, 0.717) is 12.2 Å². The molecule has 14 heteroatoms. The Morgan fingerprint density at radius 1 is 0.583 bits per heavy atom. The van der Waals surface area contributed by atoms with Gasteiger partial charge in [0.25, 0.3) is 0 Å². The molecule has 0 aliphatic rings. The molecule has 0 unspecified atom stereocenters. The molecule has 0 aromatic carbocycles. The van der Waals surface area contributed by atoms with E-state index in [0.717, 1.165) is 6.08 Å². The molecule has 6 N–H and O–H groups in total. The average molecular weight is 516 g/mol. The normalized spacial score (nSPS) is 10.1. The highest BCUT2D eigenvalue weighted by molar-refractivity contribution is 5.95. The number of aliphatic carboxylic acids is 6. The molecule has 0 saturated heterocycles. The van der Waals surface area contributed by atoms with Gasteiger partial charge < -0.3 is 30.6 Å². The molecule has 36 heavy (non-hydrogen) atoms. The van der Waals surface area contributed by atoms with Gasteiger partial charge in [-0.05, 0) is 27.7 Å².